The quantitative estimate of drug-likeness (QED) is 0.694. The molecular weight excluding hydrogens is 348 g/mol. The lowest BCUT2D eigenvalue weighted by molar-refractivity contribution is -0.148. The van der Waals surface area contributed by atoms with Crippen molar-refractivity contribution in [1.82, 2.24) is 10.2 Å². The summed E-state index contributed by atoms with van der Waals surface area (Å²) in [7, 11) is 1.41. The van der Waals surface area contributed by atoms with Gasteiger partial charge in [0.1, 0.15) is 11.8 Å². The number of aliphatic carboxylic acids is 1. The Kier molecular flexibility index (Phi) is 7.37. The fourth-order valence-corrected chi connectivity index (χ4v) is 2.42. The lowest BCUT2D eigenvalue weighted by Crippen LogP contribution is -2.48. The Labute approximate surface area is 157 Å². The molecule has 0 aliphatic heterocycles. The van der Waals surface area contributed by atoms with Gasteiger partial charge in [-0.25, -0.2) is 4.79 Å². The summed E-state index contributed by atoms with van der Waals surface area (Å²) < 4.78 is 5.29. The number of para-hydroxylation sites is 1. The Morgan fingerprint density at radius 1 is 1.04 bits per heavy atom. The molecule has 7 heteroatoms. The highest BCUT2D eigenvalue weighted by Gasteiger charge is 2.26. The van der Waals surface area contributed by atoms with Crippen molar-refractivity contribution in [2.75, 3.05) is 20.2 Å². The van der Waals surface area contributed by atoms with Gasteiger partial charge in [0.05, 0.1) is 6.54 Å². The number of carboxylic acid groups (broad SMARTS) is 1. The van der Waals surface area contributed by atoms with Crippen LogP contribution in [0.3, 0.4) is 0 Å². The van der Waals surface area contributed by atoms with Crippen LogP contribution in [-0.2, 0) is 20.8 Å². The van der Waals surface area contributed by atoms with Crippen molar-refractivity contribution in [2.24, 2.45) is 0 Å². The van der Waals surface area contributed by atoms with Gasteiger partial charge in [-0.2, -0.15) is 0 Å². The summed E-state index contributed by atoms with van der Waals surface area (Å²) in [6.07, 6.45) is 0.184. The van der Waals surface area contributed by atoms with E-state index in [0.717, 1.165) is 10.5 Å². The molecule has 2 aromatic rings. The summed E-state index contributed by atoms with van der Waals surface area (Å²) in [6, 6.07) is 16.9. The van der Waals surface area contributed by atoms with E-state index in [0.29, 0.717) is 5.75 Å². The maximum Gasteiger partial charge on any atom is 0.326 e. The molecule has 2 N–H and O–H groups in total. The van der Waals surface area contributed by atoms with Crippen molar-refractivity contribution >= 4 is 17.8 Å². The first-order valence-corrected chi connectivity index (χ1v) is 8.44. The molecule has 0 aromatic heterocycles. The lowest BCUT2D eigenvalue weighted by atomic mass is 10.1. The van der Waals surface area contributed by atoms with Crippen LogP contribution in [-0.4, -0.2) is 54.0 Å². The van der Waals surface area contributed by atoms with Crippen LogP contribution in [0.1, 0.15) is 5.56 Å². The Morgan fingerprint density at radius 2 is 1.63 bits per heavy atom. The fraction of sp³-hybridized carbons (Fsp3) is 0.250. The van der Waals surface area contributed by atoms with E-state index in [4.69, 9.17) is 4.74 Å². The van der Waals surface area contributed by atoms with E-state index in [9.17, 15) is 19.5 Å². The average Bonchev–Trinajstić information content (AvgIpc) is 2.69. The van der Waals surface area contributed by atoms with Crippen molar-refractivity contribution in [2.45, 2.75) is 12.5 Å². The summed E-state index contributed by atoms with van der Waals surface area (Å²) >= 11 is 0. The van der Waals surface area contributed by atoms with Gasteiger partial charge in [-0.3, -0.25) is 9.59 Å². The van der Waals surface area contributed by atoms with Crippen molar-refractivity contribution < 1.29 is 24.2 Å². The van der Waals surface area contributed by atoms with E-state index in [2.05, 4.69) is 5.32 Å². The molecule has 0 heterocycles. The third kappa shape index (κ3) is 6.47. The first-order valence-electron chi connectivity index (χ1n) is 8.44. The Hall–Kier alpha value is -3.35. The molecule has 0 aliphatic rings. The first kappa shape index (κ1) is 20.0. The second kappa shape index (κ2) is 9.96. The second-order valence-electron chi connectivity index (χ2n) is 5.93. The Bertz CT molecular complexity index is 764. The molecule has 2 aromatic carbocycles. The molecule has 0 radical (unpaired) electrons. The van der Waals surface area contributed by atoms with Gasteiger partial charge < -0.3 is 20.1 Å². The zero-order valence-corrected chi connectivity index (χ0v) is 15.0. The van der Waals surface area contributed by atoms with Gasteiger partial charge in [0.2, 0.25) is 5.91 Å². The zero-order chi connectivity index (χ0) is 19.6. The highest BCUT2D eigenvalue weighted by molar-refractivity contribution is 5.88. The average molecular weight is 370 g/mol. The normalized spacial score (nSPS) is 11.3. The summed E-state index contributed by atoms with van der Waals surface area (Å²) in [4.78, 5) is 36.8. The number of likely N-dealkylation sites (N-methyl/N-ethyl adjacent to an activating group) is 1. The minimum atomic E-state index is -1.10. The smallest absolute Gasteiger partial charge is 0.326 e. The molecule has 0 bridgehead atoms. The number of nitrogens with zero attached hydrogens (tertiary/aromatic N) is 1. The van der Waals surface area contributed by atoms with Crippen molar-refractivity contribution in [3.8, 4) is 5.75 Å². The SMILES string of the molecule is CN(C(=O)CNC(=O)COc1ccccc1)C(Cc1ccccc1)C(=O)O. The molecule has 142 valence electrons. The summed E-state index contributed by atoms with van der Waals surface area (Å²) in [5, 5.41) is 11.9. The molecule has 0 aliphatic carbocycles. The number of rotatable bonds is 9. The van der Waals surface area contributed by atoms with Gasteiger partial charge in [-0.1, -0.05) is 48.5 Å². The van der Waals surface area contributed by atoms with Gasteiger partial charge in [-0.15, -0.1) is 0 Å². The molecule has 1 atom stereocenters. The van der Waals surface area contributed by atoms with E-state index < -0.39 is 23.8 Å². The highest BCUT2D eigenvalue weighted by Crippen LogP contribution is 2.09. The van der Waals surface area contributed by atoms with Gasteiger partial charge >= 0.3 is 5.97 Å². The number of hydrogen-bond acceptors (Lipinski definition) is 4. The van der Waals surface area contributed by atoms with Crippen LogP contribution in [0.25, 0.3) is 0 Å². The minimum absolute atomic E-state index is 0.184. The van der Waals surface area contributed by atoms with Crippen molar-refractivity contribution in [1.29, 1.82) is 0 Å². The number of carboxylic acids is 1. The van der Waals surface area contributed by atoms with Crippen LogP contribution in [0, 0.1) is 0 Å². The largest absolute Gasteiger partial charge is 0.484 e. The maximum absolute atomic E-state index is 12.3. The summed E-state index contributed by atoms with van der Waals surface area (Å²) in [5.74, 6) is -1.51. The predicted molar refractivity (Wildman–Crippen MR) is 99.3 cm³/mol. The number of amides is 2. The topological polar surface area (TPSA) is 95.9 Å². The molecule has 2 amide bonds. The summed E-state index contributed by atoms with van der Waals surface area (Å²) in [6.45, 7) is -0.528. The molecule has 27 heavy (non-hydrogen) atoms. The van der Waals surface area contributed by atoms with Crippen LogP contribution in [0.4, 0.5) is 0 Å². The van der Waals surface area contributed by atoms with Gasteiger partial charge in [0, 0.05) is 13.5 Å². The number of nitrogens with one attached hydrogen (secondary N) is 1. The van der Waals surface area contributed by atoms with E-state index in [1.165, 1.54) is 7.05 Å². The van der Waals surface area contributed by atoms with Crippen LogP contribution in [0.5, 0.6) is 5.75 Å². The number of carbonyl (C=O) groups is 3. The Balaban J connectivity index is 1.83. The summed E-state index contributed by atoms with van der Waals surface area (Å²) in [5.41, 5.74) is 0.810. The van der Waals surface area contributed by atoms with Crippen molar-refractivity contribution in [3.05, 3.63) is 66.2 Å². The third-order valence-corrected chi connectivity index (χ3v) is 3.97. The second-order valence-corrected chi connectivity index (χ2v) is 5.93. The predicted octanol–water partition coefficient (Wildman–Crippen LogP) is 1.34. The molecule has 0 saturated heterocycles. The van der Waals surface area contributed by atoms with Crippen LogP contribution < -0.4 is 10.1 Å². The monoisotopic (exact) mass is 370 g/mol. The molecule has 0 spiro atoms. The third-order valence-electron chi connectivity index (χ3n) is 3.97. The standard InChI is InChI=1S/C20H22N2O5/c1-22(17(20(25)26)12-15-8-4-2-5-9-15)19(24)13-21-18(23)14-27-16-10-6-3-7-11-16/h2-11,17H,12-14H2,1H3,(H,21,23)(H,25,26). The molecule has 7 nitrogen and oxygen atoms in total. The maximum atomic E-state index is 12.3. The Morgan fingerprint density at radius 3 is 2.22 bits per heavy atom. The van der Waals surface area contributed by atoms with Gasteiger partial charge in [0.25, 0.3) is 5.91 Å². The first-order chi connectivity index (χ1) is 13.0. The van der Waals surface area contributed by atoms with Crippen LogP contribution in [0.15, 0.2) is 60.7 Å². The minimum Gasteiger partial charge on any atom is -0.484 e. The van der Waals surface area contributed by atoms with Crippen LogP contribution >= 0.6 is 0 Å². The lowest BCUT2D eigenvalue weighted by Gasteiger charge is -2.25. The van der Waals surface area contributed by atoms with Gasteiger partial charge in [0.15, 0.2) is 6.61 Å². The zero-order valence-electron chi connectivity index (χ0n) is 15.0. The van der Waals surface area contributed by atoms with Crippen LogP contribution in [0.2, 0.25) is 0 Å². The molecule has 1 unspecified atom stereocenters. The highest BCUT2D eigenvalue weighted by atomic mass is 16.5. The van der Waals surface area contributed by atoms with E-state index in [-0.39, 0.29) is 19.6 Å². The molecular formula is C20H22N2O5. The molecule has 0 saturated carbocycles. The fourth-order valence-electron chi connectivity index (χ4n) is 2.42. The number of ether oxygens (including phenoxy) is 1. The van der Waals surface area contributed by atoms with Crippen molar-refractivity contribution in [3.63, 3.8) is 0 Å². The van der Waals surface area contributed by atoms with E-state index >= 15 is 0 Å². The van der Waals surface area contributed by atoms with Gasteiger partial charge in [-0.05, 0) is 17.7 Å². The number of benzene rings is 2. The van der Waals surface area contributed by atoms with E-state index in [1.54, 1.807) is 36.4 Å². The van der Waals surface area contributed by atoms with E-state index in [1.807, 2.05) is 24.3 Å². The number of carbonyl (C=O) groups excluding carboxylic acids is 2. The number of hydrogen-bond donors (Lipinski definition) is 2. The molecule has 2 rings (SSSR count). The molecule has 0 fully saturated rings.